The molecule has 0 aromatic rings. The molecule has 1 aliphatic carbocycles. The predicted octanol–water partition coefficient (Wildman–Crippen LogP) is 2.79. The summed E-state index contributed by atoms with van der Waals surface area (Å²) >= 11 is 0. The summed E-state index contributed by atoms with van der Waals surface area (Å²) in [5.74, 6) is 1.06. The Labute approximate surface area is 117 Å². The molecule has 0 bridgehead atoms. The molecule has 3 nitrogen and oxygen atoms in total. The van der Waals surface area contributed by atoms with E-state index in [-0.39, 0.29) is 12.0 Å². The Bertz CT molecular complexity index is 325. The van der Waals surface area contributed by atoms with Gasteiger partial charge in [-0.2, -0.15) is 0 Å². The molecule has 19 heavy (non-hydrogen) atoms. The monoisotopic (exact) mass is 266 g/mol. The van der Waals surface area contributed by atoms with Crippen molar-refractivity contribution >= 4 is 5.91 Å². The third-order valence-electron chi connectivity index (χ3n) is 5.73. The van der Waals surface area contributed by atoms with Crippen LogP contribution in [0.4, 0.5) is 0 Å². The predicted molar refractivity (Wildman–Crippen MR) is 78.7 cm³/mol. The Morgan fingerprint density at radius 3 is 2.58 bits per heavy atom. The summed E-state index contributed by atoms with van der Waals surface area (Å²) in [6.45, 7) is 8.66. The molecule has 0 aromatic heterocycles. The Hall–Kier alpha value is -0.570. The van der Waals surface area contributed by atoms with Crippen LogP contribution < -0.4 is 5.73 Å². The van der Waals surface area contributed by atoms with Crippen molar-refractivity contribution in [1.82, 2.24) is 4.90 Å². The zero-order valence-electron chi connectivity index (χ0n) is 12.8. The second-order valence-electron chi connectivity index (χ2n) is 6.91. The van der Waals surface area contributed by atoms with Crippen molar-refractivity contribution in [3.8, 4) is 0 Å². The Balaban J connectivity index is 2.00. The Morgan fingerprint density at radius 1 is 1.32 bits per heavy atom. The number of hydrogen-bond donors (Lipinski definition) is 1. The first-order valence-corrected chi connectivity index (χ1v) is 8.05. The number of hydrogen-bond acceptors (Lipinski definition) is 2. The minimum Gasteiger partial charge on any atom is -0.342 e. The topological polar surface area (TPSA) is 46.3 Å². The van der Waals surface area contributed by atoms with Gasteiger partial charge in [0.2, 0.25) is 5.91 Å². The molecule has 1 saturated carbocycles. The highest BCUT2D eigenvalue weighted by Crippen LogP contribution is 2.39. The molecule has 2 N–H and O–H groups in total. The van der Waals surface area contributed by atoms with Crippen LogP contribution in [0.15, 0.2) is 0 Å². The van der Waals surface area contributed by atoms with Crippen LogP contribution in [0.2, 0.25) is 0 Å². The molecule has 3 heteroatoms. The fraction of sp³-hybridized carbons (Fsp3) is 0.938. The summed E-state index contributed by atoms with van der Waals surface area (Å²) < 4.78 is 0. The molecule has 0 spiro atoms. The summed E-state index contributed by atoms with van der Waals surface area (Å²) in [5, 5.41) is 0. The van der Waals surface area contributed by atoms with Crippen molar-refractivity contribution < 1.29 is 4.79 Å². The second kappa shape index (κ2) is 5.82. The number of carbonyl (C=O) groups is 1. The summed E-state index contributed by atoms with van der Waals surface area (Å²) in [5.41, 5.74) is 6.57. The maximum atomic E-state index is 12.7. The molecule has 2 rings (SSSR count). The zero-order chi connectivity index (χ0) is 14.0. The number of nitrogens with two attached hydrogens (primary N) is 1. The highest BCUT2D eigenvalue weighted by Gasteiger charge is 2.41. The van der Waals surface area contributed by atoms with Gasteiger partial charge in [0.05, 0.1) is 5.92 Å². The van der Waals surface area contributed by atoms with Gasteiger partial charge in [-0.3, -0.25) is 4.79 Å². The molecule has 2 fully saturated rings. The van der Waals surface area contributed by atoms with E-state index in [2.05, 4.69) is 25.7 Å². The van der Waals surface area contributed by atoms with E-state index in [9.17, 15) is 4.79 Å². The van der Waals surface area contributed by atoms with E-state index in [0.29, 0.717) is 17.2 Å². The van der Waals surface area contributed by atoms with Gasteiger partial charge in [-0.25, -0.2) is 0 Å². The van der Waals surface area contributed by atoms with Crippen LogP contribution in [0.1, 0.15) is 59.3 Å². The van der Waals surface area contributed by atoms with Crippen molar-refractivity contribution in [3.63, 3.8) is 0 Å². The summed E-state index contributed by atoms with van der Waals surface area (Å²) in [6, 6.07) is 0.0851. The van der Waals surface area contributed by atoms with Crippen LogP contribution in [-0.4, -0.2) is 29.9 Å². The first-order chi connectivity index (χ1) is 9.01. The van der Waals surface area contributed by atoms with Crippen LogP contribution in [0.25, 0.3) is 0 Å². The molecule has 1 heterocycles. The van der Waals surface area contributed by atoms with E-state index >= 15 is 0 Å². The molecule has 2 aliphatic rings. The Morgan fingerprint density at radius 2 is 2.00 bits per heavy atom. The standard InChI is InChI=1S/C16H30N2O/c1-4-16(5-2)8-9-18(11-16)15(19)13-10-12(3)6-7-14(13)17/h12-14H,4-11,17H2,1-3H3. The lowest BCUT2D eigenvalue weighted by Gasteiger charge is -2.35. The fourth-order valence-electron chi connectivity index (χ4n) is 3.87. The maximum Gasteiger partial charge on any atom is 0.227 e. The van der Waals surface area contributed by atoms with Gasteiger partial charge >= 0.3 is 0 Å². The number of carbonyl (C=O) groups excluding carboxylic acids is 1. The van der Waals surface area contributed by atoms with Crippen molar-refractivity contribution in [2.24, 2.45) is 23.0 Å². The number of likely N-dealkylation sites (tertiary alicyclic amines) is 1. The van der Waals surface area contributed by atoms with Gasteiger partial charge in [0.15, 0.2) is 0 Å². The van der Waals surface area contributed by atoms with Gasteiger partial charge in [0.1, 0.15) is 0 Å². The lowest BCUT2D eigenvalue weighted by Crippen LogP contribution is -2.46. The highest BCUT2D eigenvalue weighted by atomic mass is 16.2. The summed E-state index contributed by atoms with van der Waals surface area (Å²) in [6.07, 6.45) is 6.71. The third-order valence-corrected chi connectivity index (χ3v) is 5.73. The SMILES string of the molecule is CCC1(CC)CCN(C(=O)C2CC(C)CCC2N)C1. The van der Waals surface area contributed by atoms with Crippen LogP contribution in [0, 0.1) is 17.3 Å². The smallest absolute Gasteiger partial charge is 0.227 e. The van der Waals surface area contributed by atoms with Crippen molar-refractivity contribution in [3.05, 3.63) is 0 Å². The van der Waals surface area contributed by atoms with E-state index in [0.717, 1.165) is 25.9 Å². The first kappa shape index (κ1) is 14.8. The van der Waals surface area contributed by atoms with Crippen LogP contribution in [0.3, 0.4) is 0 Å². The zero-order valence-corrected chi connectivity index (χ0v) is 12.8. The van der Waals surface area contributed by atoms with Crippen molar-refractivity contribution in [2.75, 3.05) is 13.1 Å². The Kier molecular flexibility index (Phi) is 4.54. The lowest BCUT2D eigenvalue weighted by atomic mass is 9.78. The van der Waals surface area contributed by atoms with Gasteiger partial charge in [-0.1, -0.05) is 20.8 Å². The van der Waals surface area contributed by atoms with Crippen molar-refractivity contribution in [2.45, 2.75) is 65.3 Å². The highest BCUT2D eigenvalue weighted by molar-refractivity contribution is 5.80. The van der Waals surface area contributed by atoms with Gasteiger partial charge in [0, 0.05) is 19.1 Å². The minimum absolute atomic E-state index is 0.0771. The van der Waals surface area contributed by atoms with Crippen molar-refractivity contribution in [1.29, 1.82) is 0 Å². The van der Waals surface area contributed by atoms with Gasteiger partial charge in [-0.05, 0) is 49.9 Å². The summed E-state index contributed by atoms with van der Waals surface area (Å²) in [7, 11) is 0. The van der Waals surface area contributed by atoms with E-state index in [1.54, 1.807) is 0 Å². The van der Waals surface area contributed by atoms with Crippen LogP contribution in [-0.2, 0) is 4.79 Å². The van der Waals surface area contributed by atoms with Crippen LogP contribution >= 0.6 is 0 Å². The normalized spacial score (nSPS) is 34.5. The molecule has 3 unspecified atom stereocenters. The molecule has 1 saturated heterocycles. The lowest BCUT2D eigenvalue weighted by molar-refractivity contribution is -0.137. The molecular formula is C16H30N2O. The third kappa shape index (κ3) is 2.96. The van der Waals surface area contributed by atoms with Gasteiger partial charge < -0.3 is 10.6 Å². The number of nitrogens with zero attached hydrogens (tertiary/aromatic N) is 1. The molecule has 1 amide bonds. The largest absolute Gasteiger partial charge is 0.342 e. The molecule has 1 aliphatic heterocycles. The van der Waals surface area contributed by atoms with Gasteiger partial charge in [-0.15, -0.1) is 0 Å². The first-order valence-electron chi connectivity index (χ1n) is 8.05. The quantitative estimate of drug-likeness (QED) is 0.854. The van der Waals surface area contributed by atoms with Crippen LogP contribution in [0.5, 0.6) is 0 Å². The molecule has 0 radical (unpaired) electrons. The minimum atomic E-state index is 0.0771. The number of rotatable bonds is 3. The second-order valence-corrected chi connectivity index (χ2v) is 6.91. The average molecular weight is 266 g/mol. The van der Waals surface area contributed by atoms with E-state index in [1.165, 1.54) is 25.7 Å². The molecule has 110 valence electrons. The molecular weight excluding hydrogens is 236 g/mol. The fourth-order valence-corrected chi connectivity index (χ4v) is 3.87. The van der Waals surface area contributed by atoms with Gasteiger partial charge in [0.25, 0.3) is 0 Å². The van der Waals surface area contributed by atoms with E-state index in [4.69, 9.17) is 5.73 Å². The molecule has 0 aromatic carbocycles. The maximum absolute atomic E-state index is 12.7. The number of amides is 1. The van der Waals surface area contributed by atoms with E-state index in [1.807, 2.05) is 0 Å². The summed E-state index contributed by atoms with van der Waals surface area (Å²) in [4.78, 5) is 14.8. The van der Waals surface area contributed by atoms with E-state index < -0.39 is 0 Å². The average Bonchev–Trinajstić information content (AvgIpc) is 2.86. The molecule has 3 atom stereocenters.